The topological polar surface area (TPSA) is 138 Å². The molecule has 2 aromatic rings. The minimum absolute atomic E-state index is 0.0229. The predicted octanol–water partition coefficient (Wildman–Crippen LogP) is 1.05. The van der Waals surface area contributed by atoms with Crippen LogP contribution in [0.15, 0.2) is 30.7 Å². The van der Waals surface area contributed by atoms with Crippen LogP contribution in [0.3, 0.4) is 0 Å². The number of amides is 1. The van der Waals surface area contributed by atoms with Gasteiger partial charge in [-0.2, -0.15) is 0 Å². The number of benzene rings is 1. The maximum Gasteiger partial charge on any atom is 0.326 e. The standard InChI is InChI=1S/C14H14N4O5/c1-8-10(3-2-4-12(8)18(22)23)13(19)17-11(14(20)21)5-9-6-15-7-16-9/h2-4,6-7,11H,5H2,1H3,(H,15,16)(H,17,19)(H,20,21). The Hall–Kier alpha value is -3.23. The molecule has 1 aromatic carbocycles. The van der Waals surface area contributed by atoms with Gasteiger partial charge in [-0.05, 0) is 13.0 Å². The molecule has 0 spiro atoms. The molecule has 23 heavy (non-hydrogen) atoms. The summed E-state index contributed by atoms with van der Waals surface area (Å²) in [6, 6.07) is 2.89. The van der Waals surface area contributed by atoms with E-state index in [2.05, 4.69) is 15.3 Å². The molecule has 0 radical (unpaired) electrons. The van der Waals surface area contributed by atoms with Gasteiger partial charge >= 0.3 is 5.97 Å². The number of rotatable bonds is 6. The first kappa shape index (κ1) is 16.1. The number of carboxylic acids is 1. The summed E-state index contributed by atoms with van der Waals surface area (Å²) < 4.78 is 0. The highest BCUT2D eigenvalue weighted by Gasteiger charge is 2.24. The van der Waals surface area contributed by atoms with Gasteiger partial charge in [-0.1, -0.05) is 6.07 Å². The maximum absolute atomic E-state index is 12.3. The first-order chi connectivity index (χ1) is 10.9. The lowest BCUT2D eigenvalue weighted by Crippen LogP contribution is -2.42. The fraction of sp³-hybridized carbons (Fsp3) is 0.214. The molecule has 1 heterocycles. The zero-order valence-corrected chi connectivity index (χ0v) is 12.1. The second-order valence-electron chi connectivity index (χ2n) is 4.85. The van der Waals surface area contributed by atoms with Gasteiger partial charge in [-0.3, -0.25) is 14.9 Å². The zero-order valence-electron chi connectivity index (χ0n) is 12.1. The molecule has 1 unspecified atom stereocenters. The number of hydrogen-bond donors (Lipinski definition) is 3. The molecular weight excluding hydrogens is 304 g/mol. The van der Waals surface area contributed by atoms with Crippen molar-refractivity contribution in [1.82, 2.24) is 15.3 Å². The van der Waals surface area contributed by atoms with E-state index in [1.807, 2.05) is 0 Å². The number of nitro benzene ring substituents is 1. The van der Waals surface area contributed by atoms with Crippen LogP contribution in [0, 0.1) is 17.0 Å². The molecule has 0 fully saturated rings. The lowest BCUT2D eigenvalue weighted by molar-refractivity contribution is -0.385. The molecular formula is C14H14N4O5. The van der Waals surface area contributed by atoms with Crippen molar-refractivity contribution in [3.63, 3.8) is 0 Å². The van der Waals surface area contributed by atoms with Crippen LogP contribution in [-0.2, 0) is 11.2 Å². The minimum Gasteiger partial charge on any atom is -0.480 e. The average molecular weight is 318 g/mol. The second kappa shape index (κ2) is 6.69. The molecule has 1 amide bonds. The average Bonchev–Trinajstić information content (AvgIpc) is 2.99. The normalized spacial score (nSPS) is 11.7. The third-order valence-electron chi connectivity index (χ3n) is 3.33. The number of nitrogens with one attached hydrogen (secondary N) is 2. The molecule has 0 bridgehead atoms. The van der Waals surface area contributed by atoms with E-state index in [4.69, 9.17) is 0 Å². The third-order valence-corrected chi connectivity index (χ3v) is 3.33. The molecule has 0 saturated carbocycles. The first-order valence-corrected chi connectivity index (χ1v) is 6.65. The summed E-state index contributed by atoms with van der Waals surface area (Å²) in [6.07, 6.45) is 2.89. The highest BCUT2D eigenvalue weighted by Crippen LogP contribution is 2.21. The lowest BCUT2D eigenvalue weighted by atomic mass is 10.1. The maximum atomic E-state index is 12.3. The molecule has 0 aliphatic carbocycles. The number of carbonyl (C=O) groups excluding carboxylic acids is 1. The SMILES string of the molecule is Cc1c(C(=O)NC(Cc2cnc[nH]2)C(=O)O)cccc1[N+](=O)[O-]. The van der Waals surface area contributed by atoms with Crippen molar-refractivity contribution in [3.8, 4) is 0 Å². The second-order valence-corrected chi connectivity index (χ2v) is 4.85. The largest absolute Gasteiger partial charge is 0.480 e. The van der Waals surface area contributed by atoms with Crippen molar-refractivity contribution < 1.29 is 19.6 Å². The number of carbonyl (C=O) groups is 2. The molecule has 3 N–H and O–H groups in total. The van der Waals surface area contributed by atoms with Gasteiger partial charge in [0.1, 0.15) is 6.04 Å². The van der Waals surface area contributed by atoms with Crippen molar-refractivity contribution in [2.45, 2.75) is 19.4 Å². The van der Waals surface area contributed by atoms with Gasteiger partial charge in [0.15, 0.2) is 0 Å². The Labute approximate surface area is 130 Å². The number of carboxylic acid groups (broad SMARTS) is 1. The van der Waals surface area contributed by atoms with Crippen LogP contribution < -0.4 is 5.32 Å². The van der Waals surface area contributed by atoms with E-state index in [0.29, 0.717) is 5.69 Å². The summed E-state index contributed by atoms with van der Waals surface area (Å²) in [4.78, 5) is 40.4. The van der Waals surface area contributed by atoms with E-state index in [1.165, 1.54) is 37.6 Å². The van der Waals surface area contributed by atoms with Gasteiger partial charge in [0, 0.05) is 35.5 Å². The Morgan fingerprint density at radius 2 is 2.22 bits per heavy atom. The van der Waals surface area contributed by atoms with Gasteiger partial charge in [0.2, 0.25) is 0 Å². The number of nitrogens with zero attached hydrogens (tertiary/aromatic N) is 2. The van der Waals surface area contributed by atoms with E-state index in [1.54, 1.807) is 0 Å². The molecule has 120 valence electrons. The van der Waals surface area contributed by atoms with Crippen molar-refractivity contribution in [1.29, 1.82) is 0 Å². The van der Waals surface area contributed by atoms with E-state index < -0.39 is 22.8 Å². The highest BCUT2D eigenvalue weighted by atomic mass is 16.6. The molecule has 1 atom stereocenters. The fourth-order valence-electron chi connectivity index (χ4n) is 2.12. The van der Waals surface area contributed by atoms with Crippen LogP contribution >= 0.6 is 0 Å². The smallest absolute Gasteiger partial charge is 0.326 e. The molecule has 0 aliphatic rings. The van der Waals surface area contributed by atoms with Crippen molar-refractivity contribution in [2.24, 2.45) is 0 Å². The van der Waals surface area contributed by atoms with Gasteiger partial charge in [-0.25, -0.2) is 9.78 Å². The van der Waals surface area contributed by atoms with Gasteiger partial charge in [0.05, 0.1) is 11.3 Å². The Morgan fingerprint density at radius 1 is 1.48 bits per heavy atom. The minimum atomic E-state index is -1.21. The van der Waals surface area contributed by atoms with E-state index in [9.17, 15) is 24.8 Å². The monoisotopic (exact) mass is 318 g/mol. The van der Waals surface area contributed by atoms with Gasteiger partial charge < -0.3 is 15.4 Å². The molecule has 9 nitrogen and oxygen atoms in total. The lowest BCUT2D eigenvalue weighted by Gasteiger charge is -2.14. The number of hydrogen-bond acceptors (Lipinski definition) is 5. The Balaban J connectivity index is 2.21. The molecule has 2 rings (SSSR count). The molecule has 9 heteroatoms. The fourth-order valence-corrected chi connectivity index (χ4v) is 2.12. The van der Waals surface area contributed by atoms with Crippen LogP contribution in [-0.4, -0.2) is 37.9 Å². The Bertz CT molecular complexity index is 742. The summed E-state index contributed by atoms with van der Waals surface area (Å²) in [7, 11) is 0. The number of aliphatic carboxylic acids is 1. The van der Waals surface area contributed by atoms with Crippen molar-refractivity contribution in [3.05, 3.63) is 57.7 Å². The van der Waals surface area contributed by atoms with Crippen molar-refractivity contribution in [2.75, 3.05) is 0 Å². The zero-order chi connectivity index (χ0) is 17.0. The summed E-state index contributed by atoms with van der Waals surface area (Å²) in [5, 5.41) is 22.5. The number of nitro groups is 1. The van der Waals surface area contributed by atoms with E-state index in [0.717, 1.165) is 0 Å². The summed E-state index contributed by atoms with van der Waals surface area (Å²) in [5.74, 6) is -1.89. The summed E-state index contributed by atoms with van der Waals surface area (Å²) in [5.41, 5.74) is 0.599. The first-order valence-electron chi connectivity index (χ1n) is 6.65. The van der Waals surface area contributed by atoms with Gasteiger partial charge in [0.25, 0.3) is 11.6 Å². The number of aromatic nitrogens is 2. The third kappa shape index (κ3) is 3.70. The Morgan fingerprint density at radius 3 is 2.78 bits per heavy atom. The molecule has 0 saturated heterocycles. The van der Waals surface area contributed by atoms with Crippen LogP contribution in [0.5, 0.6) is 0 Å². The number of imidazole rings is 1. The summed E-state index contributed by atoms with van der Waals surface area (Å²) in [6.45, 7) is 1.44. The van der Waals surface area contributed by atoms with Crippen LogP contribution in [0.2, 0.25) is 0 Å². The molecule has 0 aliphatic heterocycles. The van der Waals surface area contributed by atoms with Gasteiger partial charge in [-0.15, -0.1) is 0 Å². The van der Waals surface area contributed by atoms with Crippen LogP contribution in [0.25, 0.3) is 0 Å². The summed E-state index contributed by atoms with van der Waals surface area (Å²) >= 11 is 0. The highest BCUT2D eigenvalue weighted by molar-refractivity contribution is 5.98. The van der Waals surface area contributed by atoms with Crippen molar-refractivity contribution >= 4 is 17.6 Å². The van der Waals surface area contributed by atoms with E-state index in [-0.39, 0.29) is 23.2 Å². The van der Waals surface area contributed by atoms with E-state index >= 15 is 0 Å². The number of H-pyrrole nitrogens is 1. The van der Waals surface area contributed by atoms with Crippen LogP contribution in [0.1, 0.15) is 21.6 Å². The number of aromatic amines is 1. The predicted molar refractivity (Wildman–Crippen MR) is 79.0 cm³/mol. The quantitative estimate of drug-likeness (QED) is 0.537. The Kier molecular flexibility index (Phi) is 4.69. The molecule has 1 aromatic heterocycles. The van der Waals surface area contributed by atoms with Crippen LogP contribution in [0.4, 0.5) is 5.69 Å².